The van der Waals surface area contributed by atoms with Gasteiger partial charge in [0, 0.05) is 0 Å². The van der Waals surface area contributed by atoms with Crippen LogP contribution >= 0.6 is 0 Å². The quantitative estimate of drug-likeness (QED) is 0.301. The Labute approximate surface area is 227 Å². The van der Waals surface area contributed by atoms with Gasteiger partial charge in [-0.3, -0.25) is 14.4 Å². The molecular formula is C32H28N2O5. The van der Waals surface area contributed by atoms with Gasteiger partial charge in [-0.25, -0.2) is 9.96 Å². The van der Waals surface area contributed by atoms with Crippen molar-refractivity contribution < 1.29 is 23.9 Å². The van der Waals surface area contributed by atoms with Crippen molar-refractivity contribution in [1.29, 1.82) is 0 Å². The largest absolute Gasteiger partial charge is 0.497 e. The summed E-state index contributed by atoms with van der Waals surface area (Å²) in [5.41, 5.74) is 1.40. The third-order valence-electron chi connectivity index (χ3n) is 7.40. The predicted octanol–water partition coefficient (Wildman–Crippen LogP) is 5.47. The van der Waals surface area contributed by atoms with Crippen LogP contribution in [0.15, 0.2) is 109 Å². The van der Waals surface area contributed by atoms with Gasteiger partial charge in [-0.05, 0) is 66.6 Å². The number of hydroxylamine groups is 1. The van der Waals surface area contributed by atoms with Gasteiger partial charge < -0.3 is 9.47 Å². The molecule has 2 heterocycles. The molecule has 196 valence electrons. The van der Waals surface area contributed by atoms with Gasteiger partial charge in [-0.1, -0.05) is 60.7 Å². The summed E-state index contributed by atoms with van der Waals surface area (Å²) in [6.45, 7) is 2.42. The van der Waals surface area contributed by atoms with E-state index < -0.39 is 23.5 Å². The first-order chi connectivity index (χ1) is 19.1. The number of para-hydroxylation sites is 1. The lowest BCUT2D eigenvalue weighted by atomic mass is 9.69. The Morgan fingerprint density at radius 2 is 1.38 bits per heavy atom. The van der Waals surface area contributed by atoms with Gasteiger partial charge in [0.15, 0.2) is 6.10 Å². The summed E-state index contributed by atoms with van der Waals surface area (Å²) in [6, 6.07) is 32.9. The lowest BCUT2D eigenvalue weighted by Crippen LogP contribution is -2.46. The SMILES string of the molecule is CCOc1ccc(N2C(=O)[C@@H]3ON(c4ccccc4)[C@@H](c4ccc(OC)cc4)[C@@]3(c3ccccc3)C2=O)cc1. The summed E-state index contributed by atoms with van der Waals surface area (Å²) in [5, 5.41) is 1.71. The molecule has 2 saturated heterocycles. The number of anilines is 2. The number of hydrogen-bond donors (Lipinski definition) is 0. The highest BCUT2D eigenvalue weighted by atomic mass is 16.7. The van der Waals surface area contributed by atoms with E-state index in [0.717, 1.165) is 11.3 Å². The van der Waals surface area contributed by atoms with Gasteiger partial charge in [0.1, 0.15) is 23.0 Å². The number of ether oxygens (including phenoxy) is 2. The van der Waals surface area contributed by atoms with Crippen LogP contribution in [0.2, 0.25) is 0 Å². The molecule has 4 aromatic rings. The molecule has 0 N–H and O–H groups in total. The Hall–Kier alpha value is -4.62. The summed E-state index contributed by atoms with van der Waals surface area (Å²) in [5.74, 6) is 0.608. The monoisotopic (exact) mass is 520 g/mol. The van der Waals surface area contributed by atoms with E-state index in [4.69, 9.17) is 14.3 Å². The number of methoxy groups -OCH3 is 1. The molecule has 3 atom stereocenters. The van der Waals surface area contributed by atoms with Crippen LogP contribution in [0.25, 0.3) is 0 Å². The molecule has 2 aliphatic rings. The molecule has 0 bridgehead atoms. The zero-order valence-electron chi connectivity index (χ0n) is 21.7. The molecule has 6 rings (SSSR count). The van der Waals surface area contributed by atoms with Gasteiger partial charge in [-0.2, -0.15) is 0 Å². The van der Waals surface area contributed by atoms with Crippen molar-refractivity contribution in [3.8, 4) is 11.5 Å². The lowest BCUT2D eigenvalue weighted by molar-refractivity contribution is -0.126. The molecule has 0 unspecified atom stereocenters. The minimum atomic E-state index is -1.35. The lowest BCUT2D eigenvalue weighted by Gasteiger charge is -2.35. The molecule has 0 saturated carbocycles. The Balaban J connectivity index is 1.56. The maximum absolute atomic E-state index is 14.8. The fourth-order valence-electron chi connectivity index (χ4n) is 5.68. The van der Waals surface area contributed by atoms with E-state index in [1.54, 1.807) is 36.4 Å². The van der Waals surface area contributed by atoms with Gasteiger partial charge in [0.05, 0.1) is 25.1 Å². The Morgan fingerprint density at radius 3 is 2.00 bits per heavy atom. The van der Waals surface area contributed by atoms with Crippen molar-refractivity contribution in [2.45, 2.75) is 24.5 Å². The van der Waals surface area contributed by atoms with Crippen LogP contribution in [0.4, 0.5) is 11.4 Å². The molecule has 0 aliphatic carbocycles. The Morgan fingerprint density at radius 1 is 0.769 bits per heavy atom. The number of amides is 2. The maximum Gasteiger partial charge on any atom is 0.267 e. The summed E-state index contributed by atoms with van der Waals surface area (Å²) < 4.78 is 11.0. The number of carbonyl (C=O) groups is 2. The number of hydrogen-bond acceptors (Lipinski definition) is 6. The number of carbonyl (C=O) groups excluding carboxylic acids is 2. The Bertz CT molecular complexity index is 1480. The average molecular weight is 521 g/mol. The van der Waals surface area contributed by atoms with E-state index >= 15 is 0 Å². The van der Waals surface area contributed by atoms with Gasteiger partial charge in [-0.15, -0.1) is 0 Å². The highest BCUT2D eigenvalue weighted by molar-refractivity contribution is 6.28. The fraction of sp³-hybridized carbons (Fsp3) is 0.188. The summed E-state index contributed by atoms with van der Waals surface area (Å²) in [7, 11) is 1.61. The first kappa shape index (κ1) is 24.7. The predicted molar refractivity (Wildman–Crippen MR) is 148 cm³/mol. The minimum absolute atomic E-state index is 0.341. The van der Waals surface area contributed by atoms with E-state index in [-0.39, 0.29) is 5.91 Å². The third-order valence-corrected chi connectivity index (χ3v) is 7.40. The molecule has 39 heavy (non-hydrogen) atoms. The average Bonchev–Trinajstić information content (AvgIpc) is 3.46. The van der Waals surface area contributed by atoms with E-state index in [2.05, 4.69) is 0 Å². The van der Waals surface area contributed by atoms with Crippen molar-refractivity contribution in [2.24, 2.45) is 0 Å². The second kappa shape index (κ2) is 9.93. The van der Waals surface area contributed by atoms with Crippen LogP contribution in [0, 0.1) is 0 Å². The van der Waals surface area contributed by atoms with Crippen molar-refractivity contribution in [2.75, 3.05) is 23.7 Å². The highest BCUT2D eigenvalue weighted by Crippen LogP contribution is 2.57. The first-order valence-corrected chi connectivity index (χ1v) is 12.9. The summed E-state index contributed by atoms with van der Waals surface area (Å²) in [6.07, 6.45) is -1.08. The van der Waals surface area contributed by atoms with E-state index in [0.29, 0.717) is 29.4 Å². The second-order valence-electron chi connectivity index (χ2n) is 9.46. The molecule has 2 amide bonds. The minimum Gasteiger partial charge on any atom is -0.497 e. The molecule has 2 fully saturated rings. The topological polar surface area (TPSA) is 68.3 Å². The molecule has 7 nitrogen and oxygen atoms in total. The molecule has 0 spiro atoms. The molecule has 0 aromatic heterocycles. The van der Waals surface area contributed by atoms with Crippen molar-refractivity contribution in [3.63, 3.8) is 0 Å². The molecule has 2 aliphatic heterocycles. The fourth-order valence-corrected chi connectivity index (χ4v) is 5.68. The van der Waals surface area contributed by atoms with Gasteiger partial charge in [0.25, 0.3) is 5.91 Å². The van der Waals surface area contributed by atoms with E-state index in [1.165, 1.54) is 4.90 Å². The van der Waals surface area contributed by atoms with Crippen molar-refractivity contribution in [1.82, 2.24) is 0 Å². The highest BCUT2D eigenvalue weighted by Gasteiger charge is 2.72. The van der Waals surface area contributed by atoms with Crippen LogP contribution < -0.4 is 19.4 Å². The van der Waals surface area contributed by atoms with Crippen LogP contribution in [-0.2, 0) is 19.8 Å². The number of rotatable bonds is 7. The first-order valence-electron chi connectivity index (χ1n) is 12.9. The van der Waals surface area contributed by atoms with E-state index in [9.17, 15) is 9.59 Å². The van der Waals surface area contributed by atoms with Gasteiger partial charge in [0.2, 0.25) is 5.91 Å². The molecular weight excluding hydrogens is 492 g/mol. The Kier molecular flexibility index (Phi) is 6.29. The van der Waals surface area contributed by atoms with Crippen LogP contribution in [-0.4, -0.2) is 31.6 Å². The van der Waals surface area contributed by atoms with Crippen molar-refractivity contribution in [3.05, 3.63) is 120 Å². The molecule has 4 aromatic carbocycles. The zero-order valence-corrected chi connectivity index (χ0v) is 21.7. The van der Waals surface area contributed by atoms with Crippen LogP contribution in [0.3, 0.4) is 0 Å². The standard InChI is InChI=1S/C32H28N2O5/c1-3-38-27-20-16-24(17-21-27)33-30(35)29-32(31(33)36,23-10-6-4-7-11-23)28(22-14-18-26(37-2)19-15-22)34(39-29)25-12-8-5-9-13-25/h4-21,28-29H,3H2,1-2H3/t28-,29-,32+/m0/s1. The normalized spacial score (nSPS) is 22.2. The third kappa shape index (κ3) is 3.85. The van der Waals surface area contributed by atoms with Crippen LogP contribution in [0.1, 0.15) is 24.1 Å². The smallest absolute Gasteiger partial charge is 0.267 e. The second-order valence-corrected chi connectivity index (χ2v) is 9.46. The van der Waals surface area contributed by atoms with Crippen molar-refractivity contribution >= 4 is 23.2 Å². The number of nitrogens with zero attached hydrogens (tertiary/aromatic N) is 2. The molecule has 0 radical (unpaired) electrons. The van der Waals surface area contributed by atoms with E-state index in [1.807, 2.05) is 91.9 Å². The molecule has 7 heteroatoms. The summed E-state index contributed by atoms with van der Waals surface area (Å²) in [4.78, 5) is 36.7. The van der Waals surface area contributed by atoms with Gasteiger partial charge >= 0.3 is 0 Å². The zero-order chi connectivity index (χ0) is 27.0. The maximum atomic E-state index is 14.8. The summed E-state index contributed by atoms with van der Waals surface area (Å²) >= 11 is 0. The van der Waals surface area contributed by atoms with Crippen LogP contribution in [0.5, 0.6) is 11.5 Å². The number of benzene rings is 4. The number of imide groups is 1. The number of fused-ring (bicyclic) bond motifs is 1.